The Balaban J connectivity index is 1.89. The monoisotopic (exact) mass is 401 g/mol. The van der Waals surface area contributed by atoms with Gasteiger partial charge in [0.1, 0.15) is 0 Å². The first-order valence-electron chi connectivity index (χ1n) is 9.70. The number of rotatable bonds is 7. The van der Waals surface area contributed by atoms with Crippen molar-refractivity contribution in [3.63, 3.8) is 0 Å². The van der Waals surface area contributed by atoms with Gasteiger partial charge in [-0.25, -0.2) is 4.79 Å². The van der Waals surface area contributed by atoms with Crippen molar-refractivity contribution >= 4 is 11.9 Å². The topological polar surface area (TPSA) is 93.0 Å². The van der Waals surface area contributed by atoms with E-state index < -0.39 is 0 Å². The molecule has 1 atom stereocenters. The largest absolute Gasteiger partial charge is 0.493 e. The summed E-state index contributed by atoms with van der Waals surface area (Å²) in [6.45, 7) is 3.39. The third-order valence-electron chi connectivity index (χ3n) is 4.99. The number of nitrogens with zero attached hydrogens (tertiary/aromatic N) is 1. The first-order valence-corrected chi connectivity index (χ1v) is 9.70. The average Bonchev–Trinajstić information content (AvgIpc) is 3.29. The number of amides is 3. The first kappa shape index (κ1) is 20.6. The number of methoxy groups -OCH3 is 2. The zero-order valence-electron chi connectivity index (χ0n) is 17.0. The van der Waals surface area contributed by atoms with Crippen LogP contribution in [0.15, 0.2) is 34.9 Å². The third kappa shape index (κ3) is 4.47. The van der Waals surface area contributed by atoms with Crippen LogP contribution in [0.1, 0.15) is 41.1 Å². The van der Waals surface area contributed by atoms with Gasteiger partial charge in [-0.2, -0.15) is 0 Å². The molecule has 1 unspecified atom stereocenters. The van der Waals surface area contributed by atoms with Gasteiger partial charge in [-0.3, -0.25) is 4.79 Å². The lowest BCUT2D eigenvalue weighted by Crippen LogP contribution is -2.49. The second-order valence-corrected chi connectivity index (χ2v) is 6.78. The van der Waals surface area contributed by atoms with Crippen molar-refractivity contribution in [2.75, 3.05) is 33.9 Å². The molecule has 0 fully saturated rings. The van der Waals surface area contributed by atoms with E-state index in [9.17, 15) is 9.59 Å². The summed E-state index contributed by atoms with van der Waals surface area (Å²) < 4.78 is 16.0. The molecule has 2 N–H and O–H groups in total. The summed E-state index contributed by atoms with van der Waals surface area (Å²) in [6.07, 6.45) is 2.99. The van der Waals surface area contributed by atoms with E-state index >= 15 is 0 Å². The second kappa shape index (κ2) is 9.36. The number of carbonyl (C=O) groups is 2. The van der Waals surface area contributed by atoms with Gasteiger partial charge in [-0.15, -0.1) is 0 Å². The van der Waals surface area contributed by atoms with Gasteiger partial charge in [0.15, 0.2) is 17.3 Å². The van der Waals surface area contributed by atoms with Crippen molar-refractivity contribution in [3.05, 3.63) is 47.4 Å². The van der Waals surface area contributed by atoms with Crippen LogP contribution in [0.5, 0.6) is 11.5 Å². The van der Waals surface area contributed by atoms with E-state index in [2.05, 4.69) is 10.6 Å². The Morgan fingerprint density at radius 2 is 1.97 bits per heavy atom. The molecule has 0 radical (unpaired) electrons. The fourth-order valence-electron chi connectivity index (χ4n) is 3.51. The minimum Gasteiger partial charge on any atom is -0.493 e. The molecule has 1 aromatic heterocycles. The third-order valence-corrected chi connectivity index (χ3v) is 4.99. The summed E-state index contributed by atoms with van der Waals surface area (Å²) in [5.41, 5.74) is 2.00. The summed E-state index contributed by atoms with van der Waals surface area (Å²) in [5.74, 6) is 1.14. The molecule has 29 heavy (non-hydrogen) atoms. The number of hydrogen-bond donors (Lipinski definition) is 2. The molecule has 0 aliphatic carbocycles. The van der Waals surface area contributed by atoms with E-state index in [1.165, 1.54) is 6.26 Å². The molecule has 1 aliphatic heterocycles. The van der Waals surface area contributed by atoms with E-state index in [1.807, 2.05) is 19.1 Å². The van der Waals surface area contributed by atoms with Gasteiger partial charge in [0, 0.05) is 19.6 Å². The van der Waals surface area contributed by atoms with Crippen LogP contribution in [0, 0.1) is 0 Å². The molecule has 0 spiro atoms. The average molecular weight is 401 g/mol. The van der Waals surface area contributed by atoms with Crippen LogP contribution >= 0.6 is 0 Å². The fourth-order valence-corrected chi connectivity index (χ4v) is 3.51. The van der Waals surface area contributed by atoms with Crippen molar-refractivity contribution < 1.29 is 23.5 Å². The summed E-state index contributed by atoms with van der Waals surface area (Å²) in [5, 5.41) is 5.81. The Morgan fingerprint density at radius 3 is 2.62 bits per heavy atom. The maximum atomic E-state index is 12.8. The Morgan fingerprint density at radius 1 is 1.21 bits per heavy atom. The molecule has 8 heteroatoms. The molecule has 0 saturated carbocycles. The number of urea groups is 1. The quantitative estimate of drug-likeness (QED) is 0.744. The highest BCUT2D eigenvalue weighted by Gasteiger charge is 2.32. The number of furan rings is 1. The molecule has 0 saturated heterocycles. The lowest BCUT2D eigenvalue weighted by molar-refractivity contribution is 0.0907. The van der Waals surface area contributed by atoms with E-state index in [-0.39, 0.29) is 30.3 Å². The van der Waals surface area contributed by atoms with Gasteiger partial charge < -0.3 is 29.4 Å². The van der Waals surface area contributed by atoms with Crippen LogP contribution in [-0.2, 0) is 6.42 Å². The van der Waals surface area contributed by atoms with Crippen molar-refractivity contribution in [2.45, 2.75) is 25.8 Å². The van der Waals surface area contributed by atoms with Crippen LogP contribution in [0.2, 0.25) is 0 Å². The van der Waals surface area contributed by atoms with E-state index in [4.69, 9.17) is 13.9 Å². The molecule has 2 heterocycles. The predicted molar refractivity (Wildman–Crippen MR) is 107 cm³/mol. The second-order valence-electron chi connectivity index (χ2n) is 6.78. The zero-order valence-corrected chi connectivity index (χ0v) is 17.0. The normalized spacial score (nSPS) is 15.4. The fraction of sp³-hybridized carbons (Fsp3) is 0.429. The summed E-state index contributed by atoms with van der Waals surface area (Å²) in [7, 11) is 3.17. The highest BCUT2D eigenvalue weighted by Crippen LogP contribution is 2.38. The predicted octanol–water partition coefficient (Wildman–Crippen LogP) is 2.75. The summed E-state index contributed by atoms with van der Waals surface area (Å²) >= 11 is 0. The molecule has 156 valence electrons. The molecule has 1 aromatic carbocycles. The SMILES string of the molecule is CCCNC(=O)N1CCc2cc(OC)c(OC)cc2C1CNC(=O)c1ccco1. The summed E-state index contributed by atoms with van der Waals surface area (Å²) in [6, 6.07) is 6.60. The minimum atomic E-state index is -0.339. The Bertz CT molecular complexity index is 850. The molecular formula is C21H27N3O5. The van der Waals surface area contributed by atoms with Crippen molar-refractivity contribution in [1.29, 1.82) is 0 Å². The van der Waals surface area contributed by atoms with Gasteiger partial charge in [0.05, 0.1) is 26.5 Å². The van der Waals surface area contributed by atoms with E-state index in [0.717, 1.165) is 17.5 Å². The van der Waals surface area contributed by atoms with Crippen LogP contribution in [0.3, 0.4) is 0 Å². The zero-order chi connectivity index (χ0) is 20.8. The van der Waals surface area contributed by atoms with E-state index in [1.54, 1.807) is 31.3 Å². The van der Waals surface area contributed by atoms with Crippen LogP contribution in [-0.4, -0.2) is 50.7 Å². The Hall–Kier alpha value is -3.16. The van der Waals surface area contributed by atoms with Crippen molar-refractivity contribution in [3.8, 4) is 11.5 Å². The maximum absolute atomic E-state index is 12.8. The van der Waals surface area contributed by atoms with Crippen LogP contribution < -0.4 is 20.1 Å². The summed E-state index contributed by atoms with van der Waals surface area (Å²) in [4.78, 5) is 26.9. The van der Waals surface area contributed by atoms with Crippen molar-refractivity contribution in [2.24, 2.45) is 0 Å². The lowest BCUT2D eigenvalue weighted by Gasteiger charge is -2.37. The standard InChI is InChI=1S/C21H27N3O5/c1-4-8-22-21(26)24-9-7-14-11-18(27-2)19(28-3)12-15(14)16(24)13-23-20(25)17-6-5-10-29-17/h5-6,10-12,16H,4,7-9,13H2,1-3H3,(H,22,26)(H,23,25). The van der Waals surface area contributed by atoms with Crippen LogP contribution in [0.4, 0.5) is 4.79 Å². The number of carbonyl (C=O) groups excluding carboxylic acids is 2. The minimum absolute atomic E-state index is 0.149. The van der Waals surface area contributed by atoms with Gasteiger partial charge in [-0.1, -0.05) is 6.92 Å². The molecule has 0 bridgehead atoms. The molecule has 2 aromatic rings. The highest BCUT2D eigenvalue weighted by molar-refractivity contribution is 5.91. The molecule has 3 rings (SSSR count). The van der Waals surface area contributed by atoms with Crippen LogP contribution in [0.25, 0.3) is 0 Å². The number of hydrogen-bond acceptors (Lipinski definition) is 5. The van der Waals surface area contributed by atoms with Gasteiger partial charge in [0.25, 0.3) is 5.91 Å². The number of fused-ring (bicyclic) bond motifs is 1. The van der Waals surface area contributed by atoms with Gasteiger partial charge in [-0.05, 0) is 48.2 Å². The lowest BCUT2D eigenvalue weighted by atomic mass is 9.91. The van der Waals surface area contributed by atoms with E-state index in [0.29, 0.717) is 31.0 Å². The first-order chi connectivity index (χ1) is 14.1. The molecule has 3 amide bonds. The smallest absolute Gasteiger partial charge is 0.317 e. The highest BCUT2D eigenvalue weighted by atomic mass is 16.5. The van der Waals surface area contributed by atoms with Crippen molar-refractivity contribution in [1.82, 2.24) is 15.5 Å². The number of benzene rings is 1. The number of nitrogens with one attached hydrogen (secondary N) is 2. The molecule has 1 aliphatic rings. The maximum Gasteiger partial charge on any atom is 0.317 e. The Kier molecular flexibility index (Phi) is 6.64. The molecule has 8 nitrogen and oxygen atoms in total. The molecular weight excluding hydrogens is 374 g/mol. The van der Waals surface area contributed by atoms with Gasteiger partial charge >= 0.3 is 6.03 Å². The number of ether oxygens (including phenoxy) is 2. The van der Waals surface area contributed by atoms with Gasteiger partial charge in [0.2, 0.25) is 0 Å². The Labute approximate surface area is 170 Å².